The van der Waals surface area contributed by atoms with Crippen LogP contribution in [0.15, 0.2) is 42.5 Å². The van der Waals surface area contributed by atoms with Crippen molar-refractivity contribution in [3.8, 4) is 11.3 Å². The summed E-state index contributed by atoms with van der Waals surface area (Å²) in [6, 6.07) is 13.3. The largest absolute Gasteiger partial charge is 0.390 e. The van der Waals surface area contributed by atoms with E-state index in [4.69, 9.17) is 4.74 Å². The summed E-state index contributed by atoms with van der Waals surface area (Å²) < 4.78 is 5.20. The predicted octanol–water partition coefficient (Wildman–Crippen LogP) is 0.780. The summed E-state index contributed by atoms with van der Waals surface area (Å²) >= 11 is 0. The lowest BCUT2D eigenvalue weighted by Gasteiger charge is -2.31. The number of hydrogen-bond donors (Lipinski definition) is 4. The number of hydrogen-bond acceptors (Lipinski definition) is 4. The van der Waals surface area contributed by atoms with Gasteiger partial charge in [0.15, 0.2) is 0 Å². The van der Waals surface area contributed by atoms with Gasteiger partial charge in [0.2, 0.25) is 0 Å². The molecule has 3 rings (SSSR count). The molecule has 1 aliphatic heterocycles. The Kier molecular flexibility index (Phi) is 4.76. The molecule has 0 spiro atoms. The molecule has 1 saturated heterocycles. The molecule has 0 bridgehead atoms. The van der Waals surface area contributed by atoms with Crippen LogP contribution in [0.25, 0.3) is 11.3 Å². The van der Waals surface area contributed by atoms with Gasteiger partial charge in [0, 0.05) is 18.2 Å². The van der Waals surface area contributed by atoms with Crippen LogP contribution in [0.2, 0.25) is 0 Å². The number of carbonyl (C=O) groups excluding carboxylic acids is 1. The van der Waals surface area contributed by atoms with Gasteiger partial charge in [-0.1, -0.05) is 30.3 Å². The van der Waals surface area contributed by atoms with Crippen LogP contribution in [0.5, 0.6) is 0 Å². The van der Waals surface area contributed by atoms with Crippen molar-refractivity contribution in [1.29, 1.82) is 0 Å². The Balaban J connectivity index is 1.60. The van der Waals surface area contributed by atoms with Gasteiger partial charge < -0.3 is 25.3 Å². The molecule has 0 unspecified atom stereocenters. The molecule has 2 heterocycles. The van der Waals surface area contributed by atoms with Gasteiger partial charge in [-0.3, -0.25) is 4.79 Å². The average molecular weight is 316 g/mol. The molecule has 1 aromatic heterocycles. The lowest BCUT2D eigenvalue weighted by molar-refractivity contribution is -0.118. The second-order valence-electron chi connectivity index (χ2n) is 5.72. The molecular weight excluding hydrogens is 296 g/mol. The van der Waals surface area contributed by atoms with Crippen molar-refractivity contribution in [2.24, 2.45) is 5.92 Å². The van der Waals surface area contributed by atoms with Crippen LogP contribution in [-0.2, 0) is 4.74 Å². The molecule has 1 aliphatic rings. The summed E-state index contributed by atoms with van der Waals surface area (Å²) in [4.78, 5) is 15.3. The SMILES string of the molecule is O=C(NC[C@@H]1COC[C@@H](O)[C@H]1O)c1ccc(-c2ccccc2)[nH]1. The van der Waals surface area contributed by atoms with E-state index in [9.17, 15) is 15.0 Å². The number of carbonyl (C=O) groups is 1. The van der Waals surface area contributed by atoms with Crippen molar-refractivity contribution in [3.63, 3.8) is 0 Å². The second kappa shape index (κ2) is 6.95. The van der Waals surface area contributed by atoms with Crippen molar-refractivity contribution in [2.75, 3.05) is 19.8 Å². The van der Waals surface area contributed by atoms with Gasteiger partial charge in [-0.05, 0) is 17.7 Å². The monoisotopic (exact) mass is 316 g/mol. The first-order valence-electron chi connectivity index (χ1n) is 7.61. The van der Waals surface area contributed by atoms with E-state index in [2.05, 4.69) is 10.3 Å². The van der Waals surface area contributed by atoms with Gasteiger partial charge in [0.1, 0.15) is 11.8 Å². The van der Waals surface area contributed by atoms with Crippen molar-refractivity contribution >= 4 is 5.91 Å². The maximum atomic E-state index is 12.2. The average Bonchev–Trinajstić information content (AvgIpc) is 3.07. The standard InChI is InChI=1S/C17H20N2O4/c20-15-10-23-9-12(16(15)21)8-18-17(22)14-7-6-13(19-14)11-4-2-1-3-5-11/h1-7,12,15-16,19-21H,8-10H2,(H,18,22)/t12-,15-,16+/m1/s1. The van der Waals surface area contributed by atoms with E-state index in [0.717, 1.165) is 11.3 Å². The Morgan fingerprint density at radius 2 is 1.96 bits per heavy atom. The van der Waals surface area contributed by atoms with Gasteiger partial charge in [0.05, 0.1) is 19.3 Å². The van der Waals surface area contributed by atoms with E-state index in [-0.39, 0.29) is 25.0 Å². The molecule has 0 radical (unpaired) electrons. The third kappa shape index (κ3) is 3.61. The number of nitrogens with one attached hydrogen (secondary N) is 2. The molecule has 0 saturated carbocycles. The summed E-state index contributed by atoms with van der Waals surface area (Å²) in [5.74, 6) is -0.564. The number of aromatic nitrogens is 1. The number of H-pyrrole nitrogens is 1. The van der Waals surface area contributed by atoms with E-state index >= 15 is 0 Å². The number of aromatic amines is 1. The Hall–Kier alpha value is -2.15. The quantitative estimate of drug-likeness (QED) is 0.670. The van der Waals surface area contributed by atoms with Gasteiger partial charge in [-0.2, -0.15) is 0 Å². The Morgan fingerprint density at radius 1 is 1.17 bits per heavy atom. The summed E-state index contributed by atoms with van der Waals surface area (Å²) in [5.41, 5.74) is 2.33. The number of rotatable bonds is 4. The number of aliphatic hydroxyl groups is 2. The van der Waals surface area contributed by atoms with Crippen LogP contribution >= 0.6 is 0 Å². The van der Waals surface area contributed by atoms with Gasteiger partial charge in [0.25, 0.3) is 5.91 Å². The highest BCUT2D eigenvalue weighted by Crippen LogP contribution is 2.18. The smallest absolute Gasteiger partial charge is 0.267 e. The van der Waals surface area contributed by atoms with Crippen LogP contribution in [-0.4, -0.2) is 53.1 Å². The fourth-order valence-corrected chi connectivity index (χ4v) is 2.66. The lowest BCUT2D eigenvalue weighted by atomic mass is 9.96. The first-order chi connectivity index (χ1) is 11.1. The van der Waals surface area contributed by atoms with E-state index in [1.54, 1.807) is 6.07 Å². The molecule has 6 nitrogen and oxygen atoms in total. The second-order valence-corrected chi connectivity index (χ2v) is 5.72. The Labute approximate surface area is 134 Å². The highest BCUT2D eigenvalue weighted by Gasteiger charge is 2.31. The minimum atomic E-state index is -0.902. The molecule has 0 aliphatic carbocycles. The fraction of sp³-hybridized carbons (Fsp3) is 0.353. The van der Waals surface area contributed by atoms with Crippen molar-refractivity contribution in [1.82, 2.24) is 10.3 Å². The van der Waals surface area contributed by atoms with Crippen LogP contribution in [0.3, 0.4) is 0 Å². The van der Waals surface area contributed by atoms with E-state index < -0.39 is 12.2 Å². The molecule has 122 valence electrons. The number of amides is 1. The molecule has 3 atom stereocenters. The highest BCUT2D eigenvalue weighted by atomic mass is 16.5. The summed E-state index contributed by atoms with van der Waals surface area (Å²) in [7, 11) is 0. The molecule has 4 N–H and O–H groups in total. The lowest BCUT2D eigenvalue weighted by Crippen LogP contribution is -2.48. The van der Waals surface area contributed by atoms with Crippen LogP contribution in [0, 0.1) is 5.92 Å². The van der Waals surface area contributed by atoms with Gasteiger partial charge >= 0.3 is 0 Å². The minimum absolute atomic E-state index is 0.128. The first-order valence-corrected chi connectivity index (χ1v) is 7.61. The number of benzene rings is 1. The molecule has 23 heavy (non-hydrogen) atoms. The van der Waals surface area contributed by atoms with E-state index in [1.165, 1.54) is 0 Å². The molecule has 1 amide bonds. The third-order valence-corrected chi connectivity index (χ3v) is 4.04. The Bertz CT molecular complexity index is 656. The molecule has 1 aromatic carbocycles. The summed E-state index contributed by atoms with van der Waals surface area (Å²) in [6.07, 6.45) is -1.78. The van der Waals surface area contributed by atoms with E-state index in [0.29, 0.717) is 12.3 Å². The van der Waals surface area contributed by atoms with Crippen LogP contribution < -0.4 is 5.32 Å². The number of ether oxygens (including phenoxy) is 1. The molecular formula is C17H20N2O4. The minimum Gasteiger partial charge on any atom is -0.390 e. The van der Waals surface area contributed by atoms with E-state index in [1.807, 2.05) is 36.4 Å². The summed E-state index contributed by atoms with van der Waals surface area (Å²) in [5, 5.41) is 22.2. The van der Waals surface area contributed by atoms with Crippen LogP contribution in [0.4, 0.5) is 0 Å². The fourth-order valence-electron chi connectivity index (χ4n) is 2.66. The molecule has 6 heteroatoms. The topological polar surface area (TPSA) is 94.6 Å². The molecule has 2 aromatic rings. The van der Waals surface area contributed by atoms with Crippen molar-refractivity contribution in [3.05, 3.63) is 48.2 Å². The zero-order valence-electron chi connectivity index (χ0n) is 12.6. The summed E-state index contributed by atoms with van der Waals surface area (Å²) in [6.45, 7) is 0.692. The van der Waals surface area contributed by atoms with Crippen molar-refractivity contribution in [2.45, 2.75) is 12.2 Å². The number of aliphatic hydroxyl groups excluding tert-OH is 2. The zero-order valence-corrected chi connectivity index (χ0v) is 12.6. The predicted molar refractivity (Wildman–Crippen MR) is 84.9 cm³/mol. The Morgan fingerprint density at radius 3 is 2.74 bits per heavy atom. The van der Waals surface area contributed by atoms with Crippen LogP contribution in [0.1, 0.15) is 10.5 Å². The van der Waals surface area contributed by atoms with Gasteiger partial charge in [-0.15, -0.1) is 0 Å². The highest BCUT2D eigenvalue weighted by molar-refractivity contribution is 5.93. The van der Waals surface area contributed by atoms with Crippen molar-refractivity contribution < 1.29 is 19.7 Å². The maximum absolute atomic E-state index is 12.2. The third-order valence-electron chi connectivity index (χ3n) is 4.04. The maximum Gasteiger partial charge on any atom is 0.267 e. The zero-order chi connectivity index (χ0) is 16.2. The molecule has 1 fully saturated rings. The first kappa shape index (κ1) is 15.7. The normalized spacial score (nSPS) is 24.3. The van der Waals surface area contributed by atoms with Gasteiger partial charge in [-0.25, -0.2) is 0 Å².